The zero-order valence-corrected chi connectivity index (χ0v) is 26.0. The molecule has 0 radical (unpaired) electrons. The van der Waals surface area contributed by atoms with Crippen LogP contribution in [0.1, 0.15) is 47.5 Å². The van der Waals surface area contributed by atoms with Crippen LogP contribution in [0.3, 0.4) is 0 Å². The van der Waals surface area contributed by atoms with Gasteiger partial charge in [-0.2, -0.15) is 0 Å². The van der Waals surface area contributed by atoms with Gasteiger partial charge in [0.25, 0.3) is 5.91 Å². The van der Waals surface area contributed by atoms with E-state index in [1.165, 1.54) is 5.48 Å². The van der Waals surface area contributed by atoms with Gasteiger partial charge in [0, 0.05) is 19.7 Å². The van der Waals surface area contributed by atoms with Gasteiger partial charge < -0.3 is 15.5 Å². The smallest absolute Gasteiger partial charge is 0.306 e. The summed E-state index contributed by atoms with van der Waals surface area (Å²) in [5.41, 5.74) is 1.22. The third kappa shape index (κ3) is 34.0. The second kappa shape index (κ2) is 22.8. The molecule has 3 atom stereocenters. The molecule has 0 aromatic heterocycles. The van der Waals surface area contributed by atoms with E-state index < -0.39 is 60.6 Å². The van der Waals surface area contributed by atoms with Crippen molar-refractivity contribution in [1.29, 1.82) is 0 Å². The Kier molecular flexibility index (Phi) is 25.8. The molecule has 8 N–H and O–H groups in total. The van der Waals surface area contributed by atoms with Crippen LogP contribution in [0.15, 0.2) is 0 Å². The number of carbonyl (C=O) groups excluding carboxylic acids is 2. The normalized spacial score (nSPS) is 13.4. The van der Waals surface area contributed by atoms with Crippen molar-refractivity contribution in [2.75, 3.05) is 38.5 Å². The van der Waals surface area contributed by atoms with Gasteiger partial charge in [0.2, 0.25) is 36.0 Å². The number of nitrogens with one attached hydrogen (secondary N) is 5. The molecule has 39 heavy (non-hydrogen) atoms. The van der Waals surface area contributed by atoms with E-state index in [1.54, 1.807) is 27.7 Å². The Labute approximate surface area is 231 Å². The van der Waals surface area contributed by atoms with Gasteiger partial charge in [-0.3, -0.25) is 19.6 Å². The lowest BCUT2D eigenvalue weighted by molar-refractivity contribution is -0.141. The first-order chi connectivity index (χ1) is 17.5. The second-order valence-electron chi connectivity index (χ2n) is 7.75. The molecular weight excluding hydrogens is 586 g/mol. The number of sulfonamides is 3. The number of amides is 2. The van der Waals surface area contributed by atoms with Crippen LogP contribution in [0.25, 0.3) is 0 Å². The average molecular weight is 632 g/mol. The number of hydroxylamine groups is 1. The molecule has 0 saturated carbocycles. The Morgan fingerprint density at radius 1 is 0.744 bits per heavy atom. The first-order valence-corrected chi connectivity index (χ1v) is 17.2. The summed E-state index contributed by atoms with van der Waals surface area (Å²) in [5.74, 6) is -2.24. The molecule has 0 aliphatic carbocycles. The Bertz CT molecular complexity index is 1020. The van der Waals surface area contributed by atoms with Gasteiger partial charge in [-0.25, -0.2) is 44.9 Å². The van der Waals surface area contributed by atoms with Crippen LogP contribution >= 0.6 is 0 Å². The highest BCUT2D eigenvalue weighted by molar-refractivity contribution is 7.89. The lowest BCUT2D eigenvalue weighted by Crippen LogP contribution is -2.51. The molecule has 0 aromatic rings. The number of hydrogen-bond donors (Lipinski definition) is 8. The number of aliphatic hydroxyl groups excluding tert-OH is 1. The van der Waals surface area contributed by atoms with Crippen LogP contribution in [0.2, 0.25) is 0 Å². The van der Waals surface area contributed by atoms with Crippen molar-refractivity contribution in [2.24, 2.45) is 5.92 Å². The van der Waals surface area contributed by atoms with Gasteiger partial charge in [0.1, 0.15) is 12.1 Å². The van der Waals surface area contributed by atoms with E-state index in [0.717, 1.165) is 25.2 Å². The molecule has 236 valence electrons. The van der Waals surface area contributed by atoms with Crippen molar-refractivity contribution in [3.8, 4) is 0 Å². The topological polar surface area (TPSA) is 274 Å². The van der Waals surface area contributed by atoms with Crippen LogP contribution < -0.4 is 25.0 Å². The van der Waals surface area contributed by atoms with Crippen LogP contribution in [-0.2, 0) is 44.5 Å². The lowest BCUT2D eigenvalue weighted by atomic mass is 10.1. The van der Waals surface area contributed by atoms with Gasteiger partial charge in [-0.15, -0.1) is 0 Å². The van der Waals surface area contributed by atoms with Crippen molar-refractivity contribution in [3.05, 3.63) is 0 Å². The fourth-order valence-electron chi connectivity index (χ4n) is 1.81. The second-order valence-corrected chi connectivity index (χ2v) is 13.1. The quantitative estimate of drug-likeness (QED) is 0.0775. The van der Waals surface area contributed by atoms with E-state index in [1.807, 2.05) is 16.4 Å². The molecule has 0 saturated heterocycles. The molecule has 17 nitrogen and oxygen atoms in total. The summed E-state index contributed by atoms with van der Waals surface area (Å²) < 4.78 is 70.8. The number of hydrogen-bond acceptors (Lipinski definition) is 11. The third-order valence-electron chi connectivity index (χ3n) is 3.80. The third-order valence-corrected chi connectivity index (χ3v) is 5.92. The maximum atomic E-state index is 11.2. The Balaban J connectivity index is -0.000000237. The lowest BCUT2D eigenvalue weighted by Gasteiger charge is -2.15. The Morgan fingerprint density at radius 3 is 1.38 bits per heavy atom. The summed E-state index contributed by atoms with van der Waals surface area (Å²) in [5, 5.41) is 26.6. The largest absolute Gasteiger partial charge is 0.481 e. The molecule has 0 heterocycles. The van der Waals surface area contributed by atoms with Gasteiger partial charge in [-0.1, -0.05) is 20.8 Å². The maximum absolute atomic E-state index is 11.2. The minimum absolute atomic E-state index is 0.181. The van der Waals surface area contributed by atoms with E-state index in [-0.39, 0.29) is 18.4 Å². The predicted molar refractivity (Wildman–Crippen MR) is 145 cm³/mol. The van der Waals surface area contributed by atoms with E-state index in [2.05, 4.69) is 10.0 Å². The summed E-state index contributed by atoms with van der Waals surface area (Å²) in [6.07, 6.45) is 3.84. The highest BCUT2D eigenvalue weighted by Crippen LogP contribution is 1.97. The summed E-state index contributed by atoms with van der Waals surface area (Å²) in [4.78, 5) is 32.1. The fraction of sp³-hybridized carbons (Fsp3) is 0.842. The van der Waals surface area contributed by atoms with Gasteiger partial charge in [-0.05, 0) is 26.7 Å². The minimum atomic E-state index is -3.70. The first-order valence-electron chi connectivity index (χ1n) is 11.5. The zero-order chi connectivity index (χ0) is 32.0. The highest BCUT2D eigenvalue weighted by Gasteiger charge is 2.23. The van der Waals surface area contributed by atoms with Crippen molar-refractivity contribution in [2.45, 2.75) is 59.5 Å². The van der Waals surface area contributed by atoms with Gasteiger partial charge >= 0.3 is 5.97 Å². The van der Waals surface area contributed by atoms with Crippen molar-refractivity contribution in [1.82, 2.24) is 25.0 Å². The molecular formula is C19H45N5O12S3. The molecule has 3 unspecified atom stereocenters. The average Bonchev–Trinajstić information content (AvgIpc) is 2.78. The molecule has 0 aliphatic heterocycles. The van der Waals surface area contributed by atoms with E-state index in [9.17, 15) is 39.6 Å². The number of carboxylic acid groups (broad SMARTS) is 1. The number of likely N-dealkylation sites (N-methyl/N-ethyl adjacent to an activating group) is 1. The summed E-state index contributed by atoms with van der Waals surface area (Å²) in [7, 11) is -10.6. The zero-order valence-electron chi connectivity index (χ0n) is 23.5. The summed E-state index contributed by atoms with van der Waals surface area (Å²) >= 11 is 0. The first kappa shape index (κ1) is 44.1. The summed E-state index contributed by atoms with van der Waals surface area (Å²) in [6, 6.07) is -2.08. The molecule has 0 aromatic carbocycles. The number of carbonyl (C=O) groups is 3. The van der Waals surface area contributed by atoms with Crippen LogP contribution in [0, 0.1) is 5.92 Å². The van der Waals surface area contributed by atoms with Gasteiger partial charge in [0.15, 0.2) is 0 Å². The van der Waals surface area contributed by atoms with E-state index >= 15 is 0 Å². The number of rotatable bonds is 13. The minimum Gasteiger partial charge on any atom is -0.481 e. The molecule has 0 spiro atoms. The molecule has 0 fully saturated rings. The fourth-order valence-corrected chi connectivity index (χ4v) is 3.78. The van der Waals surface area contributed by atoms with E-state index in [4.69, 9.17) is 15.4 Å². The monoisotopic (exact) mass is 631 g/mol. The van der Waals surface area contributed by atoms with Crippen LogP contribution in [0.5, 0.6) is 0 Å². The molecule has 0 rings (SSSR count). The Morgan fingerprint density at radius 2 is 1.15 bits per heavy atom. The summed E-state index contributed by atoms with van der Waals surface area (Å²) in [6.45, 7) is 9.02. The Hall–Kier alpha value is -1.94. The van der Waals surface area contributed by atoms with Crippen LogP contribution in [0.4, 0.5) is 0 Å². The number of carboxylic acids is 1. The standard InChI is InChI=1S/C7H16N2O3S.C5H13N3O6S2.C5H10O2.C2H6O/c1-4-6(7(10)8-5-2)9-13(3,11)12;1-15(11,12)6-3-4(5(9)7-10)8-16(2,13)14;1-3-4(2)5(6)7;1-2-3/h6,9H,4-5H2,1-3H3,(H,8,10);4,6,8,10H,3H2,1-2H3,(H,7,9);4H,3H2,1-2H3,(H,6,7);3H,2H2,1H3. The van der Waals surface area contributed by atoms with Crippen LogP contribution in [-0.4, -0.2) is 109 Å². The highest BCUT2D eigenvalue weighted by atomic mass is 32.2. The SMILES string of the molecule is CCC(C)C(=O)O.CCNC(=O)C(CC)NS(C)(=O)=O.CCO.CS(=O)(=O)NCC(NS(C)(=O)=O)C(=O)NO. The predicted octanol–water partition coefficient (Wildman–Crippen LogP) is -2.48. The molecule has 0 aliphatic rings. The molecule has 2 amide bonds. The van der Waals surface area contributed by atoms with Crippen molar-refractivity contribution < 1.29 is 55.1 Å². The van der Waals surface area contributed by atoms with Crippen molar-refractivity contribution in [3.63, 3.8) is 0 Å². The maximum Gasteiger partial charge on any atom is 0.306 e. The molecule has 20 heteroatoms. The number of aliphatic hydroxyl groups is 1. The van der Waals surface area contributed by atoms with E-state index in [0.29, 0.717) is 13.0 Å². The number of aliphatic carboxylic acids is 1. The molecule has 0 bridgehead atoms. The van der Waals surface area contributed by atoms with Crippen molar-refractivity contribution >= 4 is 47.9 Å². The van der Waals surface area contributed by atoms with Gasteiger partial charge in [0.05, 0.1) is 24.7 Å².